The number of benzene rings is 1. The van der Waals surface area contributed by atoms with Gasteiger partial charge in [0.05, 0.1) is 5.92 Å². The Morgan fingerprint density at radius 2 is 1.43 bits per heavy atom. The molecule has 0 radical (unpaired) electrons. The summed E-state index contributed by atoms with van der Waals surface area (Å²) in [6.45, 7) is 2.16. The first-order valence-corrected chi connectivity index (χ1v) is 10.6. The molecule has 2 atom stereocenters. The summed E-state index contributed by atoms with van der Waals surface area (Å²) in [6.07, 6.45) is -1.40. The van der Waals surface area contributed by atoms with Crippen LogP contribution in [0.3, 0.4) is 0 Å². The Balaban J connectivity index is 1.60. The van der Waals surface area contributed by atoms with E-state index in [9.17, 15) is 30.7 Å². The smallest absolute Gasteiger partial charge is 0.422 e. The Morgan fingerprint density at radius 1 is 0.867 bits per heavy atom. The predicted molar refractivity (Wildman–Crippen MR) is 98.1 cm³/mol. The SMILES string of the molecule is CCCC1CCC(C2CCC(C(F)(F)Oc3cc(F)c(C(F)(F)F)c(F)c3)CC2)C1. The minimum absolute atomic E-state index is 0.165. The molecular formula is C22H27F7O. The van der Waals surface area contributed by atoms with Gasteiger partial charge in [0.1, 0.15) is 22.9 Å². The van der Waals surface area contributed by atoms with Crippen molar-refractivity contribution in [2.75, 3.05) is 0 Å². The molecule has 1 aromatic carbocycles. The Morgan fingerprint density at radius 3 is 1.97 bits per heavy atom. The Hall–Kier alpha value is -1.47. The average molecular weight is 440 g/mol. The van der Waals surface area contributed by atoms with Gasteiger partial charge >= 0.3 is 12.3 Å². The maximum absolute atomic E-state index is 14.6. The van der Waals surface area contributed by atoms with Crippen LogP contribution in [0, 0.1) is 35.3 Å². The van der Waals surface area contributed by atoms with Crippen LogP contribution in [-0.2, 0) is 6.18 Å². The summed E-state index contributed by atoms with van der Waals surface area (Å²) < 4.78 is 98.8. The summed E-state index contributed by atoms with van der Waals surface area (Å²) in [4.78, 5) is 0. The third-order valence-electron chi connectivity index (χ3n) is 6.75. The van der Waals surface area contributed by atoms with Crippen molar-refractivity contribution < 1.29 is 35.5 Å². The van der Waals surface area contributed by atoms with E-state index in [2.05, 4.69) is 11.7 Å². The van der Waals surface area contributed by atoms with Gasteiger partial charge in [-0.05, 0) is 56.3 Å². The zero-order valence-electron chi connectivity index (χ0n) is 16.9. The van der Waals surface area contributed by atoms with E-state index in [0.717, 1.165) is 25.2 Å². The summed E-state index contributed by atoms with van der Waals surface area (Å²) >= 11 is 0. The number of halogens is 7. The molecule has 1 nitrogen and oxygen atoms in total. The van der Waals surface area contributed by atoms with Crippen LogP contribution in [0.15, 0.2) is 12.1 Å². The van der Waals surface area contributed by atoms with Gasteiger partial charge < -0.3 is 4.74 Å². The van der Waals surface area contributed by atoms with Gasteiger partial charge in [-0.3, -0.25) is 0 Å². The van der Waals surface area contributed by atoms with Crippen LogP contribution in [0.4, 0.5) is 30.7 Å². The van der Waals surface area contributed by atoms with E-state index in [0.29, 0.717) is 24.7 Å². The van der Waals surface area contributed by atoms with Gasteiger partial charge in [0, 0.05) is 12.1 Å². The van der Waals surface area contributed by atoms with Gasteiger partial charge in [0.15, 0.2) is 0 Å². The lowest BCUT2D eigenvalue weighted by atomic mass is 9.74. The molecule has 30 heavy (non-hydrogen) atoms. The predicted octanol–water partition coefficient (Wildman–Crippen LogP) is 7.98. The summed E-state index contributed by atoms with van der Waals surface area (Å²) in [5.41, 5.74) is -2.11. The lowest BCUT2D eigenvalue weighted by Crippen LogP contribution is -2.38. The van der Waals surface area contributed by atoms with Crippen molar-refractivity contribution >= 4 is 0 Å². The highest BCUT2D eigenvalue weighted by Crippen LogP contribution is 2.47. The molecule has 8 heteroatoms. The molecule has 0 spiro atoms. The van der Waals surface area contributed by atoms with E-state index < -0.39 is 41.2 Å². The van der Waals surface area contributed by atoms with Crippen molar-refractivity contribution in [3.63, 3.8) is 0 Å². The molecule has 1 aromatic rings. The number of rotatable bonds is 6. The molecule has 3 rings (SSSR count). The second-order valence-corrected chi connectivity index (χ2v) is 8.76. The molecule has 2 aliphatic rings. The van der Waals surface area contributed by atoms with Crippen molar-refractivity contribution in [2.24, 2.45) is 23.7 Å². The standard InChI is InChI=1S/C22H27F7O/c1-2-3-13-4-5-15(10-13)14-6-8-16(9-7-14)22(28,29)30-17-11-18(23)20(19(24)12-17)21(25,26)27/h11-16H,2-10H2,1H3. The lowest BCUT2D eigenvalue weighted by Gasteiger charge is -2.35. The fourth-order valence-corrected chi connectivity index (χ4v) is 5.26. The van der Waals surface area contributed by atoms with E-state index in [1.807, 2.05) is 0 Å². The fourth-order valence-electron chi connectivity index (χ4n) is 5.26. The quantitative estimate of drug-likeness (QED) is 0.408. The Bertz CT molecular complexity index is 700. The summed E-state index contributed by atoms with van der Waals surface area (Å²) in [5.74, 6) is -4.32. The molecule has 0 amide bonds. The molecule has 0 N–H and O–H groups in total. The zero-order chi connectivity index (χ0) is 22.1. The van der Waals surface area contributed by atoms with Crippen LogP contribution in [-0.4, -0.2) is 6.11 Å². The highest BCUT2D eigenvalue weighted by atomic mass is 19.4. The molecule has 2 aliphatic carbocycles. The van der Waals surface area contributed by atoms with Crippen LogP contribution in [0.5, 0.6) is 5.75 Å². The third-order valence-corrected chi connectivity index (χ3v) is 6.75. The molecule has 170 valence electrons. The van der Waals surface area contributed by atoms with Crippen LogP contribution in [0.2, 0.25) is 0 Å². The van der Waals surface area contributed by atoms with Crippen molar-refractivity contribution in [3.8, 4) is 5.75 Å². The van der Waals surface area contributed by atoms with E-state index in [1.54, 1.807) is 0 Å². The molecule has 2 unspecified atom stereocenters. The highest BCUT2D eigenvalue weighted by molar-refractivity contribution is 5.32. The molecule has 0 bridgehead atoms. The first-order valence-electron chi connectivity index (χ1n) is 10.6. The van der Waals surface area contributed by atoms with Crippen molar-refractivity contribution in [3.05, 3.63) is 29.3 Å². The van der Waals surface area contributed by atoms with Crippen LogP contribution in [0.1, 0.15) is 70.3 Å². The van der Waals surface area contributed by atoms with E-state index in [-0.39, 0.29) is 25.0 Å². The number of hydrogen-bond acceptors (Lipinski definition) is 1. The molecule has 0 aliphatic heterocycles. The molecule has 2 fully saturated rings. The number of ether oxygens (including phenoxy) is 1. The monoisotopic (exact) mass is 440 g/mol. The molecule has 0 aromatic heterocycles. The van der Waals surface area contributed by atoms with E-state index in [4.69, 9.17) is 0 Å². The van der Waals surface area contributed by atoms with Gasteiger partial charge in [0.2, 0.25) is 0 Å². The molecule has 0 heterocycles. The highest BCUT2D eigenvalue weighted by Gasteiger charge is 2.46. The van der Waals surface area contributed by atoms with Gasteiger partial charge in [-0.25, -0.2) is 8.78 Å². The van der Waals surface area contributed by atoms with Crippen molar-refractivity contribution in [1.29, 1.82) is 0 Å². The second kappa shape index (κ2) is 8.95. The van der Waals surface area contributed by atoms with Crippen LogP contribution in [0.25, 0.3) is 0 Å². The van der Waals surface area contributed by atoms with Crippen LogP contribution < -0.4 is 4.74 Å². The first-order chi connectivity index (χ1) is 14.0. The second-order valence-electron chi connectivity index (χ2n) is 8.76. The first kappa shape index (κ1) is 23.2. The fraction of sp³-hybridized carbons (Fsp3) is 0.727. The van der Waals surface area contributed by atoms with Crippen LogP contribution >= 0.6 is 0 Å². The zero-order valence-corrected chi connectivity index (χ0v) is 16.9. The summed E-state index contributed by atoms with van der Waals surface area (Å²) in [7, 11) is 0. The van der Waals surface area contributed by atoms with E-state index >= 15 is 0 Å². The van der Waals surface area contributed by atoms with Gasteiger partial charge in [-0.1, -0.05) is 26.2 Å². The molecular weight excluding hydrogens is 413 g/mol. The number of hydrogen-bond donors (Lipinski definition) is 0. The van der Waals surface area contributed by atoms with E-state index in [1.165, 1.54) is 12.8 Å². The van der Waals surface area contributed by atoms with Crippen molar-refractivity contribution in [1.82, 2.24) is 0 Å². The molecule has 0 saturated heterocycles. The third kappa shape index (κ3) is 5.22. The minimum Gasteiger partial charge on any atom is -0.432 e. The Labute approximate surface area is 172 Å². The average Bonchev–Trinajstić information content (AvgIpc) is 3.08. The minimum atomic E-state index is -5.26. The summed E-state index contributed by atoms with van der Waals surface area (Å²) in [5, 5.41) is 0. The molecule has 2 saturated carbocycles. The normalized spacial score (nSPS) is 28.0. The Kier molecular flexibility index (Phi) is 6.92. The lowest BCUT2D eigenvalue weighted by molar-refractivity contribution is -0.224. The van der Waals surface area contributed by atoms with Crippen molar-refractivity contribution in [2.45, 2.75) is 77.0 Å². The maximum atomic E-state index is 14.6. The van der Waals surface area contributed by atoms with Gasteiger partial charge in [-0.15, -0.1) is 0 Å². The largest absolute Gasteiger partial charge is 0.432 e. The number of alkyl halides is 5. The maximum Gasteiger partial charge on any atom is 0.422 e. The van der Waals surface area contributed by atoms with Gasteiger partial charge in [0.25, 0.3) is 0 Å². The summed E-state index contributed by atoms with van der Waals surface area (Å²) in [6, 6.07) is 0.329. The topological polar surface area (TPSA) is 9.23 Å². The van der Waals surface area contributed by atoms with Gasteiger partial charge in [-0.2, -0.15) is 22.0 Å².